The van der Waals surface area contributed by atoms with Crippen LogP contribution in [0.3, 0.4) is 0 Å². The molecular weight excluding hydrogens is 268 g/mol. The van der Waals surface area contributed by atoms with Gasteiger partial charge >= 0.3 is 5.97 Å². The largest absolute Gasteiger partial charge is 0.462 e. The number of halogens is 1. The van der Waals surface area contributed by atoms with Crippen LogP contribution >= 0.6 is 15.9 Å². The van der Waals surface area contributed by atoms with E-state index in [1.165, 1.54) is 18.9 Å². The molecule has 0 atom stereocenters. The van der Waals surface area contributed by atoms with Crippen molar-refractivity contribution >= 4 is 28.0 Å². The molecule has 1 aromatic carbocycles. The van der Waals surface area contributed by atoms with Crippen LogP contribution < -0.4 is 0 Å². The molecule has 1 aliphatic rings. The summed E-state index contributed by atoms with van der Waals surface area (Å²) in [6, 6.07) is 7.77. The van der Waals surface area contributed by atoms with Gasteiger partial charge in [0.05, 0.1) is 6.61 Å². The Labute approximate surface area is 103 Å². The van der Waals surface area contributed by atoms with E-state index in [-0.39, 0.29) is 5.97 Å². The summed E-state index contributed by atoms with van der Waals surface area (Å²) in [5.74, 6) is 0.357. The normalized spacial score (nSPS) is 15.3. The SMILES string of the molecule is O=C(C=Cc1cccc(Br)c1)OCC1CC1. The van der Waals surface area contributed by atoms with Crippen LogP contribution in [0.25, 0.3) is 6.08 Å². The first-order chi connectivity index (χ1) is 7.74. The van der Waals surface area contributed by atoms with Gasteiger partial charge in [0.25, 0.3) is 0 Å². The fraction of sp³-hybridized carbons (Fsp3) is 0.308. The zero-order chi connectivity index (χ0) is 11.4. The van der Waals surface area contributed by atoms with Crippen LogP contribution in [-0.4, -0.2) is 12.6 Å². The Morgan fingerprint density at radius 2 is 2.31 bits per heavy atom. The van der Waals surface area contributed by atoms with Gasteiger partial charge in [-0.1, -0.05) is 28.1 Å². The maximum atomic E-state index is 11.3. The van der Waals surface area contributed by atoms with E-state index in [2.05, 4.69) is 15.9 Å². The first-order valence-corrected chi connectivity index (χ1v) is 6.14. The zero-order valence-corrected chi connectivity index (χ0v) is 10.4. The molecule has 3 heteroatoms. The average molecular weight is 281 g/mol. The quantitative estimate of drug-likeness (QED) is 0.624. The molecule has 0 radical (unpaired) electrons. The highest BCUT2D eigenvalue weighted by molar-refractivity contribution is 9.10. The van der Waals surface area contributed by atoms with E-state index in [1.54, 1.807) is 6.08 Å². The van der Waals surface area contributed by atoms with Gasteiger partial charge in [-0.2, -0.15) is 0 Å². The summed E-state index contributed by atoms with van der Waals surface area (Å²) in [7, 11) is 0. The molecule has 0 bridgehead atoms. The molecule has 2 nitrogen and oxygen atoms in total. The van der Waals surface area contributed by atoms with E-state index < -0.39 is 0 Å². The first kappa shape index (κ1) is 11.4. The second kappa shape index (κ2) is 5.30. The van der Waals surface area contributed by atoms with Crippen molar-refractivity contribution in [1.82, 2.24) is 0 Å². The molecule has 84 valence electrons. The van der Waals surface area contributed by atoms with Crippen molar-refractivity contribution in [3.05, 3.63) is 40.4 Å². The molecular formula is C13H13BrO2. The Bertz CT molecular complexity index is 408. The summed E-state index contributed by atoms with van der Waals surface area (Å²) in [4.78, 5) is 11.3. The molecule has 16 heavy (non-hydrogen) atoms. The highest BCUT2D eigenvalue weighted by atomic mass is 79.9. The topological polar surface area (TPSA) is 26.3 Å². The Kier molecular flexibility index (Phi) is 3.78. The van der Waals surface area contributed by atoms with Crippen LogP contribution in [0.2, 0.25) is 0 Å². The van der Waals surface area contributed by atoms with E-state index >= 15 is 0 Å². The van der Waals surface area contributed by atoms with Crippen molar-refractivity contribution < 1.29 is 9.53 Å². The molecule has 1 saturated carbocycles. The van der Waals surface area contributed by atoms with Gasteiger partial charge in [0, 0.05) is 10.5 Å². The monoisotopic (exact) mass is 280 g/mol. The zero-order valence-electron chi connectivity index (χ0n) is 8.86. The Morgan fingerprint density at radius 1 is 1.50 bits per heavy atom. The van der Waals surface area contributed by atoms with E-state index in [0.29, 0.717) is 12.5 Å². The number of esters is 1. The molecule has 0 N–H and O–H groups in total. The van der Waals surface area contributed by atoms with Gasteiger partial charge in [0.15, 0.2) is 0 Å². The number of ether oxygens (including phenoxy) is 1. The number of benzene rings is 1. The van der Waals surface area contributed by atoms with Gasteiger partial charge in [0.2, 0.25) is 0 Å². The molecule has 1 fully saturated rings. The number of hydrogen-bond acceptors (Lipinski definition) is 2. The van der Waals surface area contributed by atoms with Crippen LogP contribution in [0.1, 0.15) is 18.4 Å². The summed E-state index contributed by atoms with van der Waals surface area (Å²) < 4.78 is 6.08. The number of rotatable bonds is 4. The Hall–Kier alpha value is -1.09. The second-order valence-corrected chi connectivity index (χ2v) is 4.88. The molecule has 1 aliphatic carbocycles. The van der Waals surface area contributed by atoms with Gasteiger partial charge in [-0.05, 0) is 42.5 Å². The highest BCUT2D eigenvalue weighted by Crippen LogP contribution is 2.28. The summed E-state index contributed by atoms with van der Waals surface area (Å²) >= 11 is 3.38. The van der Waals surface area contributed by atoms with E-state index in [4.69, 9.17) is 4.74 Å². The van der Waals surface area contributed by atoms with Crippen molar-refractivity contribution in [1.29, 1.82) is 0 Å². The third-order valence-corrected chi connectivity index (χ3v) is 2.91. The molecule has 0 saturated heterocycles. The fourth-order valence-corrected chi connectivity index (χ4v) is 1.72. The molecule has 1 aromatic rings. The molecule has 0 unspecified atom stereocenters. The maximum absolute atomic E-state index is 11.3. The van der Waals surface area contributed by atoms with E-state index in [1.807, 2.05) is 24.3 Å². The van der Waals surface area contributed by atoms with Gasteiger partial charge in [-0.25, -0.2) is 4.79 Å². The summed E-state index contributed by atoms with van der Waals surface area (Å²) in [5, 5.41) is 0. The predicted molar refractivity (Wildman–Crippen MR) is 66.9 cm³/mol. The molecule has 0 spiro atoms. The molecule has 0 aromatic heterocycles. The van der Waals surface area contributed by atoms with Crippen molar-refractivity contribution in [2.75, 3.05) is 6.61 Å². The number of carbonyl (C=O) groups excluding carboxylic acids is 1. The minimum absolute atomic E-state index is 0.258. The Balaban J connectivity index is 1.84. The minimum atomic E-state index is -0.258. The summed E-state index contributed by atoms with van der Waals surface area (Å²) in [6.45, 7) is 0.571. The fourth-order valence-electron chi connectivity index (χ4n) is 1.31. The third-order valence-electron chi connectivity index (χ3n) is 2.42. The van der Waals surface area contributed by atoms with Gasteiger partial charge < -0.3 is 4.74 Å². The summed E-state index contributed by atoms with van der Waals surface area (Å²) in [6.07, 6.45) is 5.63. The molecule has 2 rings (SSSR count). The van der Waals surface area contributed by atoms with Crippen LogP contribution in [0.15, 0.2) is 34.8 Å². The molecule has 0 heterocycles. The first-order valence-electron chi connectivity index (χ1n) is 5.34. The van der Waals surface area contributed by atoms with Crippen molar-refractivity contribution in [3.63, 3.8) is 0 Å². The predicted octanol–water partition coefficient (Wildman–Crippen LogP) is 3.42. The molecule has 0 amide bonds. The van der Waals surface area contributed by atoms with Crippen LogP contribution in [0.5, 0.6) is 0 Å². The maximum Gasteiger partial charge on any atom is 0.330 e. The smallest absolute Gasteiger partial charge is 0.330 e. The van der Waals surface area contributed by atoms with Crippen LogP contribution in [0.4, 0.5) is 0 Å². The van der Waals surface area contributed by atoms with Crippen molar-refractivity contribution in [2.24, 2.45) is 5.92 Å². The number of hydrogen-bond donors (Lipinski definition) is 0. The lowest BCUT2D eigenvalue weighted by molar-refractivity contribution is -0.138. The van der Waals surface area contributed by atoms with Crippen LogP contribution in [0, 0.1) is 5.92 Å². The van der Waals surface area contributed by atoms with Crippen molar-refractivity contribution in [3.8, 4) is 0 Å². The standard InChI is InChI=1S/C13H13BrO2/c14-12-3-1-2-10(8-12)6-7-13(15)16-9-11-4-5-11/h1-3,6-8,11H,4-5,9H2. The van der Waals surface area contributed by atoms with Crippen LogP contribution in [-0.2, 0) is 9.53 Å². The van der Waals surface area contributed by atoms with Gasteiger partial charge in [-0.15, -0.1) is 0 Å². The lowest BCUT2D eigenvalue weighted by Crippen LogP contribution is -2.03. The van der Waals surface area contributed by atoms with Gasteiger partial charge in [-0.3, -0.25) is 0 Å². The van der Waals surface area contributed by atoms with E-state index in [0.717, 1.165) is 10.0 Å². The summed E-state index contributed by atoms with van der Waals surface area (Å²) in [5.41, 5.74) is 0.984. The molecule has 0 aliphatic heterocycles. The lowest BCUT2D eigenvalue weighted by Gasteiger charge is -1.98. The lowest BCUT2D eigenvalue weighted by atomic mass is 10.2. The van der Waals surface area contributed by atoms with Crippen molar-refractivity contribution in [2.45, 2.75) is 12.8 Å². The number of carbonyl (C=O) groups is 1. The highest BCUT2D eigenvalue weighted by Gasteiger charge is 2.22. The average Bonchev–Trinajstić information content (AvgIpc) is 3.07. The van der Waals surface area contributed by atoms with Gasteiger partial charge in [0.1, 0.15) is 0 Å². The third kappa shape index (κ3) is 3.81. The minimum Gasteiger partial charge on any atom is -0.462 e. The second-order valence-electron chi connectivity index (χ2n) is 3.96. The Morgan fingerprint density at radius 3 is 3.00 bits per heavy atom. The van der Waals surface area contributed by atoms with E-state index in [9.17, 15) is 4.79 Å².